The molecule has 0 bridgehead atoms. The summed E-state index contributed by atoms with van der Waals surface area (Å²) in [5.41, 5.74) is 2.80. The highest BCUT2D eigenvalue weighted by Crippen LogP contribution is 2.28. The molecule has 0 N–H and O–H groups in total. The number of amides is 1. The predicted molar refractivity (Wildman–Crippen MR) is 104 cm³/mol. The fourth-order valence-electron chi connectivity index (χ4n) is 3.64. The van der Waals surface area contributed by atoms with E-state index in [2.05, 4.69) is 30.3 Å². The molecule has 1 fully saturated rings. The van der Waals surface area contributed by atoms with E-state index in [0.29, 0.717) is 5.92 Å². The van der Waals surface area contributed by atoms with Gasteiger partial charge < -0.3 is 14.4 Å². The van der Waals surface area contributed by atoms with E-state index in [1.54, 1.807) is 0 Å². The number of hydrogen-bond donors (Lipinski definition) is 0. The molecule has 1 amide bonds. The van der Waals surface area contributed by atoms with Gasteiger partial charge in [-0.05, 0) is 81.6 Å². The molecule has 4 heteroatoms. The average molecular weight is 357 g/mol. The Balaban J connectivity index is 1.42. The molecule has 0 saturated carbocycles. The van der Waals surface area contributed by atoms with Gasteiger partial charge in [-0.1, -0.05) is 18.2 Å². The maximum atomic E-state index is 11.9. The lowest BCUT2D eigenvalue weighted by atomic mass is 9.94. The molecule has 0 unspecified atom stereocenters. The van der Waals surface area contributed by atoms with Crippen LogP contribution in [-0.2, 0) is 4.74 Å². The SMILES string of the molecule is CC(C)OC(=O)N1CCC(COc2ccc(C3=CCCCC3)cc2)CC1. The van der Waals surface area contributed by atoms with Crippen molar-refractivity contribution in [3.63, 3.8) is 0 Å². The van der Waals surface area contributed by atoms with E-state index in [0.717, 1.165) is 38.3 Å². The highest BCUT2D eigenvalue weighted by Gasteiger charge is 2.24. The number of rotatable bonds is 5. The highest BCUT2D eigenvalue weighted by atomic mass is 16.6. The van der Waals surface area contributed by atoms with E-state index in [1.807, 2.05) is 18.7 Å². The standard InChI is InChI=1S/C22H31NO3/c1-17(2)26-22(24)23-14-12-18(13-15-23)16-25-21-10-8-20(9-11-21)19-6-4-3-5-7-19/h6,8-11,17-18H,3-5,7,12-16H2,1-2H3. The molecule has 142 valence electrons. The molecule has 1 aromatic rings. The predicted octanol–water partition coefficient (Wildman–Crippen LogP) is 5.28. The number of likely N-dealkylation sites (tertiary alicyclic amines) is 1. The summed E-state index contributed by atoms with van der Waals surface area (Å²) < 4.78 is 11.3. The van der Waals surface area contributed by atoms with Crippen LogP contribution in [0.1, 0.15) is 57.9 Å². The van der Waals surface area contributed by atoms with Crippen molar-refractivity contribution in [1.82, 2.24) is 4.90 Å². The van der Waals surface area contributed by atoms with Crippen molar-refractivity contribution in [2.45, 2.75) is 58.5 Å². The molecule has 0 radical (unpaired) electrons. The Bertz CT molecular complexity index is 613. The molecule has 1 saturated heterocycles. The minimum absolute atomic E-state index is 0.0594. The zero-order valence-electron chi connectivity index (χ0n) is 16.1. The number of ether oxygens (including phenoxy) is 2. The van der Waals surface area contributed by atoms with Crippen molar-refractivity contribution in [3.8, 4) is 5.75 Å². The second-order valence-corrected chi connectivity index (χ2v) is 7.67. The van der Waals surface area contributed by atoms with Crippen molar-refractivity contribution in [2.75, 3.05) is 19.7 Å². The molecule has 26 heavy (non-hydrogen) atoms. The molecule has 1 aromatic carbocycles. The van der Waals surface area contributed by atoms with Gasteiger partial charge in [-0.25, -0.2) is 4.79 Å². The topological polar surface area (TPSA) is 38.8 Å². The van der Waals surface area contributed by atoms with Crippen molar-refractivity contribution in [3.05, 3.63) is 35.9 Å². The van der Waals surface area contributed by atoms with Crippen LogP contribution in [0.25, 0.3) is 5.57 Å². The minimum atomic E-state index is -0.188. The Labute approximate surface area is 157 Å². The van der Waals surface area contributed by atoms with E-state index in [9.17, 15) is 4.79 Å². The summed E-state index contributed by atoms with van der Waals surface area (Å²) in [6, 6.07) is 8.52. The quantitative estimate of drug-likeness (QED) is 0.719. The average Bonchev–Trinajstić information content (AvgIpc) is 2.67. The smallest absolute Gasteiger partial charge is 0.410 e. The number of piperidine rings is 1. The maximum absolute atomic E-state index is 11.9. The lowest BCUT2D eigenvalue weighted by molar-refractivity contribution is 0.0608. The third kappa shape index (κ3) is 5.26. The van der Waals surface area contributed by atoms with Gasteiger partial charge in [0.25, 0.3) is 0 Å². The number of hydrogen-bond acceptors (Lipinski definition) is 3. The van der Waals surface area contributed by atoms with Crippen LogP contribution in [0.4, 0.5) is 4.79 Å². The molecule has 2 aliphatic rings. The Morgan fingerprint density at radius 2 is 1.88 bits per heavy atom. The second kappa shape index (κ2) is 9.11. The van der Waals surface area contributed by atoms with Crippen LogP contribution < -0.4 is 4.74 Å². The van der Waals surface area contributed by atoms with Gasteiger partial charge in [-0.2, -0.15) is 0 Å². The molecule has 0 spiro atoms. The molecular formula is C22H31NO3. The van der Waals surface area contributed by atoms with Crippen LogP contribution >= 0.6 is 0 Å². The Morgan fingerprint density at radius 1 is 1.15 bits per heavy atom. The number of nitrogens with zero attached hydrogens (tertiary/aromatic N) is 1. The lowest BCUT2D eigenvalue weighted by Gasteiger charge is -2.31. The number of allylic oxidation sites excluding steroid dienone is 2. The second-order valence-electron chi connectivity index (χ2n) is 7.67. The van der Waals surface area contributed by atoms with Crippen LogP contribution in [0.15, 0.2) is 30.3 Å². The molecule has 0 atom stereocenters. The van der Waals surface area contributed by atoms with Crippen LogP contribution in [0.3, 0.4) is 0 Å². The summed E-state index contributed by atoms with van der Waals surface area (Å²) in [7, 11) is 0. The summed E-state index contributed by atoms with van der Waals surface area (Å²) in [6.45, 7) is 6.00. The first-order valence-electron chi connectivity index (χ1n) is 9.99. The third-order valence-corrected chi connectivity index (χ3v) is 5.21. The normalized spacial score (nSPS) is 18.6. The Morgan fingerprint density at radius 3 is 2.50 bits per heavy atom. The van der Waals surface area contributed by atoms with Gasteiger partial charge >= 0.3 is 6.09 Å². The first kappa shape index (κ1) is 18.8. The third-order valence-electron chi connectivity index (χ3n) is 5.21. The zero-order valence-corrected chi connectivity index (χ0v) is 16.1. The van der Waals surface area contributed by atoms with Crippen LogP contribution in [0.2, 0.25) is 0 Å². The molecule has 1 aliphatic carbocycles. The summed E-state index contributed by atoms with van der Waals surface area (Å²) in [4.78, 5) is 13.7. The highest BCUT2D eigenvalue weighted by molar-refractivity contribution is 5.68. The number of carbonyl (C=O) groups is 1. The van der Waals surface area contributed by atoms with Gasteiger partial charge in [0.2, 0.25) is 0 Å². The van der Waals surface area contributed by atoms with Crippen molar-refractivity contribution >= 4 is 11.7 Å². The van der Waals surface area contributed by atoms with E-state index in [4.69, 9.17) is 9.47 Å². The first-order chi connectivity index (χ1) is 12.6. The fraction of sp³-hybridized carbons (Fsp3) is 0.591. The van der Waals surface area contributed by atoms with Gasteiger partial charge in [-0.3, -0.25) is 0 Å². The molecule has 4 nitrogen and oxygen atoms in total. The lowest BCUT2D eigenvalue weighted by Crippen LogP contribution is -2.40. The number of benzene rings is 1. The molecule has 3 rings (SSSR count). The first-order valence-corrected chi connectivity index (χ1v) is 9.99. The van der Waals surface area contributed by atoms with Crippen LogP contribution in [0.5, 0.6) is 5.75 Å². The summed E-state index contributed by atoms with van der Waals surface area (Å²) in [6.07, 6.45) is 9.08. The largest absolute Gasteiger partial charge is 0.493 e. The molecule has 1 heterocycles. The molecular weight excluding hydrogens is 326 g/mol. The van der Waals surface area contributed by atoms with Gasteiger partial charge in [0.05, 0.1) is 12.7 Å². The van der Waals surface area contributed by atoms with Crippen molar-refractivity contribution in [2.24, 2.45) is 5.92 Å². The van der Waals surface area contributed by atoms with Crippen LogP contribution in [-0.4, -0.2) is 36.8 Å². The van der Waals surface area contributed by atoms with E-state index in [-0.39, 0.29) is 12.2 Å². The van der Waals surface area contributed by atoms with Gasteiger partial charge in [-0.15, -0.1) is 0 Å². The van der Waals surface area contributed by atoms with Crippen molar-refractivity contribution < 1.29 is 14.3 Å². The summed E-state index contributed by atoms with van der Waals surface area (Å²) >= 11 is 0. The van der Waals surface area contributed by atoms with E-state index >= 15 is 0 Å². The Hall–Kier alpha value is -1.97. The molecule has 1 aliphatic heterocycles. The van der Waals surface area contributed by atoms with Crippen molar-refractivity contribution in [1.29, 1.82) is 0 Å². The monoisotopic (exact) mass is 357 g/mol. The van der Waals surface area contributed by atoms with Gasteiger partial charge in [0.15, 0.2) is 0 Å². The minimum Gasteiger partial charge on any atom is -0.493 e. The zero-order chi connectivity index (χ0) is 18.4. The van der Waals surface area contributed by atoms with Gasteiger partial charge in [0.1, 0.15) is 5.75 Å². The van der Waals surface area contributed by atoms with Crippen LogP contribution in [0, 0.1) is 5.92 Å². The van der Waals surface area contributed by atoms with E-state index in [1.165, 1.54) is 36.8 Å². The van der Waals surface area contributed by atoms with Gasteiger partial charge in [0, 0.05) is 13.1 Å². The fourth-order valence-corrected chi connectivity index (χ4v) is 3.64. The number of carbonyl (C=O) groups excluding carboxylic acids is 1. The van der Waals surface area contributed by atoms with E-state index < -0.39 is 0 Å². The Kier molecular flexibility index (Phi) is 6.59. The molecule has 0 aromatic heterocycles. The summed E-state index contributed by atoms with van der Waals surface area (Å²) in [5.74, 6) is 1.44. The maximum Gasteiger partial charge on any atom is 0.410 e. The summed E-state index contributed by atoms with van der Waals surface area (Å²) in [5, 5.41) is 0.